The molecule has 0 fully saturated rings. The van der Waals surface area contributed by atoms with Gasteiger partial charge in [-0.3, -0.25) is 0 Å². The number of rotatable bonds is 8. The molecule has 0 radical (unpaired) electrons. The normalized spacial score (nSPS) is 14.4. The monoisotopic (exact) mass is 202 g/mol. The molecule has 14 heavy (non-hydrogen) atoms. The van der Waals surface area contributed by atoms with Crippen molar-refractivity contribution < 1.29 is 10.2 Å². The molecule has 86 valence electrons. The highest BCUT2D eigenvalue weighted by atomic mass is 16.3. The second-order valence-corrected chi connectivity index (χ2v) is 4.26. The molecule has 0 heterocycles. The van der Waals surface area contributed by atoms with Crippen LogP contribution < -0.4 is 0 Å². The molecule has 2 nitrogen and oxygen atoms in total. The van der Waals surface area contributed by atoms with E-state index < -0.39 is 5.60 Å². The summed E-state index contributed by atoms with van der Waals surface area (Å²) in [7, 11) is 0. The van der Waals surface area contributed by atoms with Crippen molar-refractivity contribution in [3.8, 4) is 0 Å². The molecule has 2 heteroatoms. The molecule has 0 aromatic heterocycles. The Morgan fingerprint density at radius 2 is 1.64 bits per heavy atom. The minimum atomic E-state index is -0.469. The fourth-order valence-electron chi connectivity index (χ4n) is 1.81. The van der Waals surface area contributed by atoms with E-state index in [1.165, 1.54) is 0 Å². The van der Waals surface area contributed by atoms with E-state index in [1.54, 1.807) is 0 Å². The molecule has 0 aliphatic rings. The number of hydrogen-bond donors (Lipinski definition) is 2. The summed E-state index contributed by atoms with van der Waals surface area (Å²) in [5.74, 6) is 0.574. The topological polar surface area (TPSA) is 40.5 Å². The average molecular weight is 202 g/mol. The van der Waals surface area contributed by atoms with Crippen LogP contribution in [0.5, 0.6) is 0 Å². The Labute approximate surface area is 88.3 Å². The fraction of sp³-hybridized carbons (Fsp3) is 1.00. The van der Waals surface area contributed by atoms with Crippen LogP contribution in [0.2, 0.25) is 0 Å². The molecule has 1 unspecified atom stereocenters. The van der Waals surface area contributed by atoms with E-state index in [9.17, 15) is 5.11 Å². The van der Waals surface area contributed by atoms with Crippen molar-refractivity contribution in [1.29, 1.82) is 0 Å². The summed E-state index contributed by atoms with van der Waals surface area (Å²) in [5, 5.41) is 18.9. The lowest BCUT2D eigenvalue weighted by Gasteiger charge is -2.27. The van der Waals surface area contributed by atoms with E-state index in [2.05, 4.69) is 6.92 Å². The van der Waals surface area contributed by atoms with Crippen LogP contribution in [-0.4, -0.2) is 22.4 Å². The van der Waals surface area contributed by atoms with Gasteiger partial charge >= 0.3 is 0 Å². The minimum Gasteiger partial charge on any atom is -0.396 e. The molecule has 0 saturated heterocycles. The maximum absolute atomic E-state index is 10.1. The Morgan fingerprint density at radius 1 is 1.07 bits per heavy atom. The number of hydrogen-bond acceptors (Lipinski definition) is 2. The van der Waals surface area contributed by atoms with Crippen LogP contribution in [0, 0.1) is 5.92 Å². The molecule has 2 N–H and O–H groups in total. The van der Waals surface area contributed by atoms with E-state index in [0.717, 1.165) is 38.5 Å². The van der Waals surface area contributed by atoms with Gasteiger partial charge < -0.3 is 10.2 Å². The first-order chi connectivity index (χ1) is 6.61. The largest absolute Gasteiger partial charge is 0.396 e. The Balaban J connectivity index is 3.87. The van der Waals surface area contributed by atoms with Gasteiger partial charge in [-0.25, -0.2) is 0 Å². The molecule has 0 aliphatic heterocycles. The molecule has 0 aromatic carbocycles. The molecule has 0 amide bonds. The predicted molar refractivity (Wildman–Crippen MR) is 60.2 cm³/mol. The van der Waals surface area contributed by atoms with Crippen molar-refractivity contribution in [3.63, 3.8) is 0 Å². The van der Waals surface area contributed by atoms with E-state index in [0.29, 0.717) is 5.92 Å². The summed E-state index contributed by atoms with van der Waals surface area (Å²) < 4.78 is 0. The van der Waals surface area contributed by atoms with Crippen LogP contribution in [0.15, 0.2) is 0 Å². The molecular weight excluding hydrogens is 176 g/mol. The van der Waals surface area contributed by atoms with Crippen LogP contribution in [0.1, 0.15) is 59.3 Å². The molecule has 0 bridgehead atoms. The Bertz CT molecular complexity index is 130. The van der Waals surface area contributed by atoms with Gasteiger partial charge in [0.1, 0.15) is 0 Å². The zero-order chi connectivity index (χ0) is 11.0. The quantitative estimate of drug-likeness (QED) is 0.635. The molecule has 0 aromatic rings. The maximum atomic E-state index is 10.1. The van der Waals surface area contributed by atoms with Crippen molar-refractivity contribution in [2.75, 3.05) is 6.61 Å². The Kier molecular flexibility index (Phi) is 7.20. The zero-order valence-corrected chi connectivity index (χ0v) is 9.92. The summed E-state index contributed by atoms with van der Waals surface area (Å²) >= 11 is 0. The number of aliphatic hydroxyl groups excluding tert-OH is 1. The standard InChI is InChI=1S/C12H26O2/c1-4-11(8-10-13)7-9-12(14,5-2)6-3/h11,13-14H,4-10H2,1-3H3. The molecule has 0 saturated carbocycles. The lowest BCUT2D eigenvalue weighted by molar-refractivity contribution is 0.0163. The van der Waals surface area contributed by atoms with Gasteiger partial charge in [-0.1, -0.05) is 27.2 Å². The lowest BCUT2D eigenvalue weighted by atomic mass is 9.86. The third-order valence-electron chi connectivity index (χ3n) is 3.45. The smallest absolute Gasteiger partial charge is 0.0642 e. The summed E-state index contributed by atoms with van der Waals surface area (Å²) in [4.78, 5) is 0. The third kappa shape index (κ3) is 4.97. The summed E-state index contributed by atoms with van der Waals surface area (Å²) in [6, 6.07) is 0. The maximum Gasteiger partial charge on any atom is 0.0642 e. The molecular formula is C12H26O2. The Morgan fingerprint density at radius 3 is 2.00 bits per heavy atom. The SMILES string of the molecule is CCC(CCO)CCC(O)(CC)CC. The highest BCUT2D eigenvalue weighted by Crippen LogP contribution is 2.25. The molecule has 0 aliphatic carbocycles. The van der Waals surface area contributed by atoms with Crippen molar-refractivity contribution in [2.45, 2.75) is 64.9 Å². The predicted octanol–water partition coefficient (Wildman–Crippen LogP) is 2.73. The second kappa shape index (κ2) is 7.24. The van der Waals surface area contributed by atoms with E-state index in [1.807, 2.05) is 13.8 Å². The van der Waals surface area contributed by atoms with Gasteiger partial charge in [0.15, 0.2) is 0 Å². The molecule has 1 atom stereocenters. The second-order valence-electron chi connectivity index (χ2n) is 4.26. The van der Waals surface area contributed by atoms with Crippen molar-refractivity contribution in [2.24, 2.45) is 5.92 Å². The van der Waals surface area contributed by atoms with Gasteiger partial charge in [-0.05, 0) is 38.0 Å². The van der Waals surface area contributed by atoms with Gasteiger partial charge in [-0.2, -0.15) is 0 Å². The first-order valence-corrected chi connectivity index (χ1v) is 5.95. The van der Waals surface area contributed by atoms with Crippen LogP contribution in [0.4, 0.5) is 0 Å². The average Bonchev–Trinajstić information content (AvgIpc) is 2.23. The van der Waals surface area contributed by atoms with Crippen LogP contribution in [-0.2, 0) is 0 Å². The van der Waals surface area contributed by atoms with Crippen LogP contribution >= 0.6 is 0 Å². The highest BCUT2D eigenvalue weighted by molar-refractivity contribution is 4.76. The van der Waals surface area contributed by atoms with Gasteiger partial charge in [0, 0.05) is 6.61 Å². The van der Waals surface area contributed by atoms with Gasteiger partial charge in [-0.15, -0.1) is 0 Å². The first-order valence-electron chi connectivity index (χ1n) is 5.95. The van der Waals surface area contributed by atoms with Crippen LogP contribution in [0.25, 0.3) is 0 Å². The lowest BCUT2D eigenvalue weighted by Crippen LogP contribution is -2.27. The number of aliphatic hydroxyl groups is 2. The third-order valence-corrected chi connectivity index (χ3v) is 3.45. The molecule has 0 rings (SSSR count). The van der Waals surface area contributed by atoms with Gasteiger partial charge in [0.25, 0.3) is 0 Å². The fourth-order valence-corrected chi connectivity index (χ4v) is 1.81. The van der Waals surface area contributed by atoms with Gasteiger partial charge in [0.2, 0.25) is 0 Å². The highest BCUT2D eigenvalue weighted by Gasteiger charge is 2.22. The van der Waals surface area contributed by atoms with Crippen molar-refractivity contribution in [1.82, 2.24) is 0 Å². The van der Waals surface area contributed by atoms with Crippen molar-refractivity contribution in [3.05, 3.63) is 0 Å². The van der Waals surface area contributed by atoms with E-state index in [-0.39, 0.29) is 6.61 Å². The summed E-state index contributed by atoms with van der Waals surface area (Å²) in [5.41, 5.74) is -0.469. The first kappa shape index (κ1) is 13.9. The minimum absolute atomic E-state index is 0.273. The summed E-state index contributed by atoms with van der Waals surface area (Å²) in [6.07, 6.45) is 5.55. The van der Waals surface area contributed by atoms with Gasteiger partial charge in [0.05, 0.1) is 5.60 Å². The van der Waals surface area contributed by atoms with Crippen LogP contribution in [0.3, 0.4) is 0 Å². The zero-order valence-electron chi connectivity index (χ0n) is 9.92. The van der Waals surface area contributed by atoms with Crippen molar-refractivity contribution >= 4 is 0 Å². The van der Waals surface area contributed by atoms with E-state index in [4.69, 9.17) is 5.11 Å². The summed E-state index contributed by atoms with van der Waals surface area (Å²) in [6.45, 7) is 6.50. The van der Waals surface area contributed by atoms with E-state index >= 15 is 0 Å². The molecule has 0 spiro atoms. The Hall–Kier alpha value is -0.0800.